The van der Waals surface area contributed by atoms with Gasteiger partial charge in [-0.2, -0.15) is 0 Å². The molecule has 83 heavy (non-hydrogen) atoms. The third kappa shape index (κ3) is 68.0. The van der Waals surface area contributed by atoms with Crippen LogP contribution < -0.4 is 0 Å². The van der Waals surface area contributed by atoms with Crippen LogP contribution in [0.4, 0.5) is 0 Å². The Balaban J connectivity index is 4.33. The summed E-state index contributed by atoms with van der Waals surface area (Å²) >= 11 is 0. The normalized spacial score (nSPS) is 13.0. The van der Waals surface area contributed by atoms with Crippen molar-refractivity contribution in [1.82, 2.24) is 0 Å². The second kappa shape index (κ2) is 69.8. The molecule has 0 aliphatic rings. The van der Waals surface area contributed by atoms with Crippen LogP contribution in [0.5, 0.6) is 0 Å². The molecule has 0 saturated heterocycles. The number of rotatable bonds is 61. The molecule has 0 radical (unpaired) electrons. The van der Waals surface area contributed by atoms with E-state index in [9.17, 15) is 14.4 Å². The van der Waals surface area contributed by atoms with Crippen LogP contribution in [0, 0.1) is 0 Å². The van der Waals surface area contributed by atoms with E-state index in [2.05, 4.69) is 167 Å². The largest absolute Gasteiger partial charge is 0.462 e. The standard InChI is InChI=1S/C77H126O6/c1-4-7-10-13-16-19-22-25-27-29-31-33-35-37-38-40-41-43-45-47-49-52-55-58-61-64-67-70-76(79)82-73-74(72-81-75(78)69-66-63-60-57-54-51-24-21-18-15-12-9-6-3)83-77(80)71-68-65-62-59-56-53-50-48-46-44-42-39-36-34-32-30-28-26-23-20-17-14-11-8-5-2/h7-12,16-21,25-28,31-34,39,42,51,54,74H,4-6,13-15,22-24,29-30,35-38,40-41,43-50,52-53,55-73H2,1-3H3/b10-7-,11-8-,12-9-,19-16-,20-17-,21-18-,27-25-,28-26-,33-31-,34-32-,42-39-,54-51-. The lowest BCUT2D eigenvalue weighted by Gasteiger charge is -2.18. The highest BCUT2D eigenvalue weighted by atomic mass is 16.6. The zero-order valence-electron chi connectivity index (χ0n) is 53.9. The van der Waals surface area contributed by atoms with Crippen LogP contribution in [0.3, 0.4) is 0 Å². The van der Waals surface area contributed by atoms with E-state index in [1.54, 1.807) is 0 Å². The van der Waals surface area contributed by atoms with E-state index in [4.69, 9.17) is 14.2 Å². The van der Waals surface area contributed by atoms with Crippen molar-refractivity contribution in [3.63, 3.8) is 0 Å². The average Bonchev–Trinajstić information content (AvgIpc) is 3.49. The quantitative estimate of drug-likeness (QED) is 0.0261. The van der Waals surface area contributed by atoms with Crippen LogP contribution in [-0.4, -0.2) is 37.2 Å². The molecule has 0 aliphatic carbocycles. The van der Waals surface area contributed by atoms with Gasteiger partial charge in [-0.25, -0.2) is 0 Å². The summed E-state index contributed by atoms with van der Waals surface area (Å²) in [6.07, 6.45) is 100. The first-order valence-electron chi connectivity index (χ1n) is 34.3. The summed E-state index contributed by atoms with van der Waals surface area (Å²) in [7, 11) is 0. The molecule has 6 nitrogen and oxygen atoms in total. The van der Waals surface area contributed by atoms with Gasteiger partial charge in [-0.1, -0.05) is 295 Å². The first kappa shape index (κ1) is 78.3. The molecule has 0 saturated carbocycles. The number of allylic oxidation sites excluding steroid dienone is 24. The van der Waals surface area contributed by atoms with Crippen molar-refractivity contribution >= 4 is 17.9 Å². The van der Waals surface area contributed by atoms with Gasteiger partial charge in [0.05, 0.1) is 0 Å². The van der Waals surface area contributed by atoms with E-state index in [0.717, 1.165) is 148 Å². The molecule has 0 aromatic heterocycles. The van der Waals surface area contributed by atoms with Crippen molar-refractivity contribution in [2.75, 3.05) is 13.2 Å². The fourth-order valence-corrected chi connectivity index (χ4v) is 9.30. The van der Waals surface area contributed by atoms with E-state index >= 15 is 0 Å². The Morgan fingerprint density at radius 1 is 0.241 bits per heavy atom. The minimum absolute atomic E-state index is 0.0934. The number of hydrogen-bond acceptors (Lipinski definition) is 6. The number of carbonyl (C=O) groups excluding carboxylic acids is 3. The van der Waals surface area contributed by atoms with Gasteiger partial charge in [0.15, 0.2) is 6.10 Å². The summed E-state index contributed by atoms with van der Waals surface area (Å²) in [5.74, 6) is -0.926. The second-order valence-corrected chi connectivity index (χ2v) is 22.3. The van der Waals surface area contributed by atoms with E-state index < -0.39 is 6.10 Å². The molecule has 6 heteroatoms. The number of ether oxygens (including phenoxy) is 3. The average molecular weight is 1150 g/mol. The fourth-order valence-electron chi connectivity index (χ4n) is 9.30. The van der Waals surface area contributed by atoms with E-state index in [1.165, 1.54) is 116 Å². The highest BCUT2D eigenvalue weighted by Gasteiger charge is 2.19. The third-order valence-electron chi connectivity index (χ3n) is 14.3. The van der Waals surface area contributed by atoms with Gasteiger partial charge < -0.3 is 14.2 Å². The van der Waals surface area contributed by atoms with Crippen molar-refractivity contribution in [1.29, 1.82) is 0 Å². The highest BCUT2D eigenvalue weighted by molar-refractivity contribution is 5.71. The van der Waals surface area contributed by atoms with Gasteiger partial charge in [0.2, 0.25) is 0 Å². The summed E-state index contributed by atoms with van der Waals surface area (Å²) < 4.78 is 16.9. The van der Waals surface area contributed by atoms with E-state index in [0.29, 0.717) is 19.3 Å². The number of carbonyl (C=O) groups is 3. The lowest BCUT2D eigenvalue weighted by atomic mass is 10.0. The Kier molecular flexibility index (Phi) is 65.8. The van der Waals surface area contributed by atoms with E-state index in [-0.39, 0.29) is 31.1 Å². The predicted molar refractivity (Wildman–Crippen MR) is 362 cm³/mol. The Morgan fingerprint density at radius 2 is 0.434 bits per heavy atom. The topological polar surface area (TPSA) is 78.9 Å². The second-order valence-electron chi connectivity index (χ2n) is 22.3. The van der Waals surface area contributed by atoms with Gasteiger partial charge in [0.1, 0.15) is 13.2 Å². The molecule has 470 valence electrons. The zero-order valence-corrected chi connectivity index (χ0v) is 53.9. The molecule has 0 aromatic carbocycles. The monoisotopic (exact) mass is 1150 g/mol. The lowest BCUT2D eigenvalue weighted by Crippen LogP contribution is -2.30. The van der Waals surface area contributed by atoms with Crippen molar-refractivity contribution in [2.45, 2.75) is 309 Å². The van der Waals surface area contributed by atoms with Crippen LogP contribution >= 0.6 is 0 Å². The summed E-state index contributed by atoms with van der Waals surface area (Å²) in [4.78, 5) is 38.4. The molecule has 0 amide bonds. The molecule has 0 heterocycles. The van der Waals surface area contributed by atoms with Crippen LogP contribution in [-0.2, 0) is 28.6 Å². The molecule has 0 rings (SSSR count). The SMILES string of the molecule is CC/C=C\C/C=C\C/C=C\C/C=C\C/C=C\CCCCCCCCCCCC(=O)OC(COC(=O)CCCCC/C=C\C/C=C\C/C=C\CC)COC(=O)CCCCCCCCCCCCCCCC/C=C\C/C=C\C/C=C\C/C=C\CC. The van der Waals surface area contributed by atoms with Gasteiger partial charge in [-0.05, 0) is 135 Å². The molecule has 0 fully saturated rings. The van der Waals surface area contributed by atoms with Gasteiger partial charge >= 0.3 is 17.9 Å². The fraction of sp³-hybridized carbons (Fsp3) is 0.649. The molecule has 0 spiro atoms. The molecular formula is C77H126O6. The van der Waals surface area contributed by atoms with Crippen molar-refractivity contribution < 1.29 is 28.6 Å². The van der Waals surface area contributed by atoms with Crippen LogP contribution in [0.25, 0.3) is 0 Å². The molecule has 0 aromatic rings. The number of unbranched alkanes of at least 4 members (excludes halogenated alkanes) is 26. The minimum atomic E-state index is -0.801. The predicted octanol–water partition coefficient (Wildman–Crippen LogP) is 23.9. The Bertz CT molecular complexity index is 1800. The molecule has 1 unspecified atom stereocenters. The molecule has 0 aliphatic heterocycles. The maximum atomic E-state index is 13.0. The van der Waals surface area contributed by atoms with E-state index in [1.807, 2.05) is 0 Å². The Morgan fingerprint density at radius 3 is 0.687 bits per heavy atom. The number of esters is 3. The highest BCUT2D eigenvalue weighted by Crippen LogP contribution is 2.16. The van der Waals surface area contributed by atoms with Gasteiger partial charge in [0, 0.05) is 19.3 Å². The maximum absolute atomic E-state index is 13.0. The molecular weight excluding hydrogens is 1020 g/mol. The van der Waals surface area contributed by atoms with Crippen molar-refractivity contribution in [3.8, 4) is 0 Å². The summed E-state index contributed by atoms with van der Waals surface area (Å²) in [5.41, 5.74) is 0. The van der Waals surface area contributed by atoms with Gasteiger partial charge in [-0.15, -0.1) is 0 Å². The number of hydrogen-bond donors (Lipinski definition) is 0. The molecule has 0 N–H and O–H groups in total. The van der Waals surface area contributed by atoms with Crippen molar-refractivity contribution in [3.05, 3.63) is 146 Å². The van der Waals surface area contributed by atoms with Crippen LogP contribution in [0.1, 0.15) is 303 Å². The Hall–Kier alpha value is -4.71. The first-order chi connectivity index (χ1) is 41.0. The van der Waals surface area contributed by atoms with Crippen LogP contribution in [0.2, 0.25) is 0 Å². The molecule has 1 atom stereocenters. The lowest BCUT2D eigenvalue weighted by molar-refractivity contribution is -0.167. The van der Waals surface area contributed by atoms with Crippen LogP contribution in [0.15, 0.2) is 146 Å². The third-order valence-corrected chi connectivity index (χ3v) is 14.3. The van der Waals surface area contributed by atoms with Crippen molar-refractivity contribution in [2.24, 2.45) is 0 Å². The maximum Gasteiger partial charge on any atom is 0.306 e. The van der Waals surface area contributed by atoms with Gasteiger partial charge in [-0.3, -0.25) is 14.4 Å². The molecule has 0 bridgehead atoms. The summed E-state index contributed by atoms with van der Waals surface area (Å²) in [6, 6.07) is 0. The smallest absolute Gasteiger partial charge is 0.306 e. The van der Waals surface area contributed by atoms with Gasteiger partial charge in [0.25, 0.3) is 0 Å². The minimum Gasteiger partial charge on any atom is -0.462 e. The first-order valence-corrected chi connectivity index (χ1v) is 34.3. The summed E-state index contributed by atoms with van der Waals surface area (Å²) in [5, 5.41) is 0. The zero-order chi connectivity index (χ0) is 59.9. The summed E-state index contributed by atoms with van der Waals surface area (Å²) in [6.45, 7) is 6.29. The Labute approximate surface area is 512 Å².